The number of rotatable bonds is 5. The van der Waals surface area contributed by atoms with Gasteiger partial charge in [-0.15, -0.1) is 0 Å². The molecule has 0 aliphatic carbocycles. The summed E-state index contributed by atoms with van der Waals surface area (Å²) in [6, 6.07) is 31.8. The van der Waals surface area contributed by atoms with Gasteiger partial charge in [-0.05, 0) is 40.6 Å². The van der Waals surface area contributed by atoms with E-state index in [-0.39, 0.29) is 0 Å². The maximum atomic E-state index is 9.79. The van der Waals surface area contributed by atoms with Crippen LogP contribution in [0.25, 0.3) is 22.4 Å². The number of hydrogen-bond donors (Lipinski definition) is 0. The van der Waals surface area contributed by atoms with Crippen LogP contribution < -0.4 is 4.74 Å². The highest BCUT2D eigenvalue weighted by Crippen LogP contribution is 2.27. The first-order chi connectivity index (χ1) is 14.2. The molecule has 0 radical (unpaired) electrons. The third kappa shape index (κ3) is 4.32. The number of nitrogens with zero attached hydrogens (tertiary/aromatic N) is 1. The van der Waals surface area contributed by atoms with Crippen molar-refractivity contribution in [3.05, 3.63) is 113 Å². The SMILES string of the molecule is N#C/C(=C/c1cccc(OCc2ccccc2Cl)c1)c1cccc2ccccc12. The molecule has 0 unspecified atom stereocenters. The summed E-state index contributed by atoms with van der Waals surface area (Å²) in [5.41, 5.74) is 3.38. The van der Waals surface area contributed by atoms with Gasteiger partial charge in [-0.3, -0.25) is 0 Å². The van der Waals surface area contributed by atoms with E-state index in [4.69, 9.17) is 16.3 Å². The zero-order valence-corrected chi connectivity index (χ0v) is 16.4. The smallest absolute Gasteiger partial charge is 0.120 e. The van der Waals surface area contributed by atoms with E-state index in [9.17, 15) is 5.26 Å². The standard InChI is InChI=1S/C26H18ClNO/c27-26-14-4-2-9-21(26)18-29-23-11-5-7-19(16-23)15-22(17-28)25-13-6-10-20-8-1-3-12-24(20)25/h1-16H,18H2/b22-15-. The monoisotopic (exact) mass is 395 g/mol. The molecule has 4 aromatic carbocycles. The normalized spacial score (nSPS) is 11.2. The van der Waals surface area contributed by atoms with E-state index in [1.165, 1.54) is 0 Å². The first-order valence-electron chi connectivity index (χ1n) is 9.31. The molecule has 0 fully saturated rings. The second-order valence-corrected chi connectivity index (χ2v) is 7.06. The van der Waals surface area contributed by atoms with Gasteiger partial charge in [0.25, 0.3) is 0 Å². The van der Waals surface area contributed by atoms with Crippen LogP contribution in [0.1, 0.15) is 16.7 Å². The van der Waals surface area contributed by atoms with Crippen LogP contribution >= 0.6 is 11.6 Å². The van der Waals surface area contributed by atoms with Gasteiger partial charge in [0.15, 0.2) is 0 Å². The van der Waals surface area contributed by atoms with Gasteiger partial charge in [-0.25, -0.2) is 0 Å². The molecule has 0 spiro atoms. The second-order valence-electron chi connectivity index (χ2n) is 6.65. The van der Waals surface area contributed by atoms with Crippen LogP contribution in [0, 0.1) is 11.3 Å². The van der Waals surface area contributed by atoms with Crippen LogP contribution in [0.4, 0.5) is 0 Å². The van der Waals surface area contributed by atoms with E-state index < -0.39 is 0 Å². The summed E-state index contributed by atoms with van der Waals surface area (Å²) >= 11 is 6.20. The molecule has 140 valence electrons. The molecule has 0 amide bonds. The van der Waals surface area contributed by atoms with E-state index in [1.54, 1.807) is 0 Å². The summed E-state index contributed by atoms with van der Waals surface area (Å²) in [6.45, 7) is 0.390. The lowest BCUT2D eigenvalue weighted by molar-refractivity contribution is 0.306. The van der Waals surface area contributed by atoms with Crippen LogP contribution in [-0.4, -0.2) is 0 Å². The molecule has 0 heterocycles. The molecule has 0 saturated carbocycles. The molecule has 0 N–H and O–H groups in total. The Balaban J connectivity index is 1.62. The van der Waals surface area contributed by atoms with Crippen molar-refractivity contribution in [3.8, 4) is 11.8 Å². The van der Waals surface area contributed by atoms with Crippen molar-refractivity contribution in [2.24, 2.45) is 0 Å². The fourth-order valence-electron chi connectivity index (χ4n) is 3.27. The third-order valence-electron chi connectivity index (χ3n) is 4.72. The van der Waals surface area contributed by atoms with E-state index in [0.29, 0.717) is 17.2 Å². The number of benzene rings is 4. The van der Waals surface area contributed by atoms with Crippen LogP contribution in [0.3, 0.4) is 0 Å². The molecule has 0 saturated heterocycles. The van der Waals surface area contributed by atoms with Crippen LogP contribution in [0.5, 0.6) is 5.75 Å². The van der Waals surface area contributed by atoms with Gasteiger partial charge in [0, 0.05) is 16.1 Å². The van der Waals surface area contributed by atoms with Crippen LogP contribution in [-0.2, 0) is 6.61 Å². The van der Waals surface area contributed by atoms with Crippen molar-refractivity contribution in [1.82, 2.24) is 0 Å². The van der Waals surface area contributed by atoms with Crippen molar-refractivity contribution in [1.29, 1.82) is 5.26 Å². The van der Waals surface area contributed by atoms with Gasteiger partial charge >= 0.3 is 0 Å². The Morgan fingerprint density at radius 1 is 0.897 bits per heavy atom. The molecule has 0 bridgehead atoms. The Labute approximate surface area is 175 Å². The average Bonchev–Trinajstić information content (AvgIpc) is 2.77. The van der Waals surface area contributed by atoms with Crippen molar-refractivity contribution in [3.63, 3.8) is 0 Å². The van der Waals surface area contributed by atoms with Gasteiger partial charge in [0.05, 0.1) is 11.6 Å². The molecule has 0 aliphatic heterocycles. The maximum Gasteiger partial charge on any atom is 0.120 e. The zero-order chi connectivity index (χ0) is 20.1. The number of nitriles is 1. The highest BCUT2D eigenvalue weighted by molar-refractivity contribution is 6.31. The second kappa shape index (κ2) is 8.65. The quantitative estimate of drug-likeness (QED) is 0.266. The molecule has 4 aromatic rings. The summed E-state index contributed by atoms with van der Waals surface area (Å²) in [6.07, 6.45) is 1.89. The lowest BCUT2D eigenvalue weighted by atomic mass is 9.97. The summed E-state index contributed by atoms with van der Waals surface area (Å²) in [4.78, 5) is 0. The Bertz CT molecular complexity index is 1230. The average molecular weight is 396 g/mol. The van der Waals surface area contributed by atoms with Crippen molar-refractivity contribution in [2.75, 3.05) is 0 Å². The summed E-state index contributed by atoms with van der Waals surface area (Å²) in [5, 5.41) is 12.7. The molecule has 3 heteroatoms. The Morgan fingerprint density at radius 3 is 2.52 bits per heavy atom. The molecular weight excluding hydrogens is 378 g/mol. The lowest BCUT2D eigenvalue weighted by Gasteiger charge is -2.09. The third-order valence-corrected chi connectivity index (χ3v) is 5.09. The van der Waals surface area contributed by atoms with Crippen LogP contribution in [0.15, 0.2) is 91.0 Å². The number of allylic oxidation sites excluding steroid dienone is 1. The minimum absolute atomic E-state index is 0.390. The number of fused-ring (bicyclic) bond motifs is 1. The van der Waals surface area contributed by atoms with Gasteiger partial charge in [0.2, 0.25) is 0 Å². The summed E-state index contributed by atoms with van der Waals surface area (Å²) in [5.74, 6) is 0.730. The highest BCUT2D eigenvalue weighted by Gasteiger charge is 2.07. The largest absolute Gasteiger partial charge is 0.489 e. The first kappa shape index (κ1) is 18.8. The molecule has 4 rings (SSSR count). The Kier molecular flexibility index (Phi) is 5.61. The summed E-state index contributed by atoms with van der Waals surface area (Å²) < 4.78 is 5.91. The molecule has 0 aliphatic rings. The lowest BCUT2D eigenvalue weighted by Crippen LogP contribution is -1.96. The minimum Gasteiger partial charge on any atom is -0.489 e. The Hall–Kier alpha value is -3.54. The molecule has 29 heavy (non-hydrogen) atoms. The fourth-order valence-corrected chi connectivity index (χ4v) is 3.46. The predicted molar refractivity (Wildman–Crippen MR) is 120 cm³/mol. The van der Waals surface area contributed by atoms with Crippen molar-refractivity contribution >= 4 is 34.0 Å². The Morgan fingerprint density at radius 2 is 1.66 bits per heavy atom. The summed E-state index contributed by atoms with van der Waals surface area (Å²) in [7, 11) is 0. The molecule has 2 nitrogen and oxygen atoms in total. The van der Waals surface area contributed by atoms with E-state index in [2.05, 4.69) is 18.2 Å². The fraction of sp³-hybridized carbons (Fsp3) is 0.0385. The van der Waals surface area contributed by atoms with Crippen LogP contribution in [0.2, 0.25) is 5.02 Å². The zero-order valence-electron chi connectivity index (χ0n) is 15.7. The molecule has 0 atom stereocenters. The minimum atomic E-state index is 0.390. The van der Waals surface area contributed by atoms with Gasteiger partial charge in [-0.2, -0.15) is 5.26 Å². The maximum absolute atomic E-state index is 9.79. The first-order valence-corrected chi connectivity index (χ1v) is 9.68. The molecular formula is C26H18ClNO. The van der Waals surface area contributed by atoms with E-state index in [0.717, 1.165) is 33.2 Å². The molecule has 0 aromatic heterocycles. The van der Waals surface area contributed by atoms with E-state index in [1.807, 2.05) is 84.9 Å². The van der Waals surface area contributed by atoms with Gasteiger partial charge in [-0.1, -0.05) is 84.4 Å². The van der Waals surface area contributed by atoms with Crippen molar-refractivity contribution in [2.45, 2.75) is 6.61 Å². The topological polar surface area (TPSA) is 33.0 Å². The number of ether oxygens (including phenoxy) is 1. The van der Waals surface area contributed by atoms with Crippen molar-refractivity contribution < 1.29 is 4.74 Å². The number of hydrogen-bond acceptors (Lipinski definition) is 2. The van der Waals surface area contributed by atoms with Gasteiger partial charge in [0.1, 0.15) is 12.4 Å². The number of halogens is 1. The van der Waals surface area contributed by atoms with Gasteiger partial charge < -0.3 is 4.74 Å². The highest BCUT2D eigenvalue weighted by atomic mass is 35.5. The van der Waals surface area contributed by atoms with E-state index >= 15 is 0 Å². The predicted octanol–water partition coefficient (Wildman–Crippen LogP) is 7.14.